The molecule has 2 aromatic heterocycles. The van der Waals surface area contributed by atoms with E-state index in [0.717, 1.165) is 9.44 Å². The number of benzene rings is 1. The molecule has 1 unspecified atom stereocenters. The number of carbonyl (C=O) groups is 1. The van der Waals surface area contributed by atoms with Gasteiger partial charge >= 0.3 is 5.69 Å². The third kappa shape index (κ3) is 3.10. The van der Waals surface area contributed by atoms with Crippen LogP contribution in [0.3, 0.4) is 0 Å². The minimum Gasteiger partial charge on any atom is -0.337 e. The topological polar surface area (TPSA) is 64.3 Å². The van der Waals surface area contributed by atoms with Crippen LogP contribution in [0.25, 0.3) is 10.9 Å². The predicted octanol–water partition coefficient (Wildman–Crippen LogP) is 2.46. The predicted molar refractivity (Wildman–Crippen MR) is 104 cm³/mol. The Morgan fingerprint density at radius 1 is 1.15 bits per heavy atom. The van der Waals surface area contributed by atoms with Gasteiger partial charge in [-0.25, -0.2) is 4.79 Å². The Bertz CT molecular complexity index is 1050. The SMILES string of the molecule is CCn1c(=O)c2ccccc2n(CC(=O)N(C)C(C)c2cccs2)c1=O. The summed E-state index contributed by atoms with van der Waals surface area (Å²) in [4.78, 5) is 40.7. The number of thiophene rings is 1. The molecule has 0 saturated heterocycles. The average molecular weight is 371 g/mol. The third-order valence-electron chi connectivity index (χ3n) is 4.67. The van der Waals surface area contributed by atoms with Crippen molar-refractivity contribution in [2.24, 2.45) is 0 Å². The van der Waals surface area contributed by atoms with Crippen LogP contribution in [-0.4, -0.2) is 27.0 Å². The number of hydrogen-bond donors (Lipinski definition) is 0. The number of nitrogens with zero attached hydrogens (tertiary/aromatic N) is 3. The van der Waals surface area contributed by atoms with Crippen LogP contribution in [0.4, 0.5) is 0 Å². The zero-order chi connectivity index (χ0) is 18.8. The number of fused-ring (bicyclic) bond motifs is 1. The van der Waals surface area contributed by atoms with E-state index in [4.69, 9.17) is 0 Å². The second kappa shape index (κ2) is 7.29. The molecule has 0 spiro atoms. The molecule has 0 N–H and O–H groups in total. The number of aromatic nitrogens is 2. The molecule has 1 amide bonds. The molecule has 0 aliphatic heterocycles. The molecule has 3 aromatic rings. The lowest BCUT2D eigenvalue weighted by molar-refractivity contribution is -0.132. The molecular formula is C19H21N3O3S. The van der Waals surface area contributed by atoms with Crippen LogP contribution in [0.1, 0.15) is 24.8 Å². The smallest absolute Gasteiger partial charge is 0.331 e. The Labute approximate surface area is 154 Å². The van der Waals surface area contributed by atoms with E-state index in [1.807, 2.05) is 24.4 Å². The van der Waals surface area contributed by atoms with E-state index in [9.17, 15) is 14.4 Å². The maximum Gasteiger partial charge on any atom is 0.331 e. The normalized spacial score (nSPS) is 12.3. The second-order valence-electron chi connectivity index (χ2n) is 6.13. The molecular weight excluding hydrogens is 350 g/mol. The zero-order valence-electron chi connectivity index (χ0n) is 15.0. The fourth-order valence-electron chi connectivity index (χ4n) is 2.99. The van der Waals surface area contributed by atoms with Crippen LogP contribution in [-0.2, 0) is 17.9 Å². The van der Waals surface area contributed by atoms with Gasteiger partial charge in [0, 0.05) is 18.5 Å². The first-order chi connectivity index (χ1) is 12.5. The summed E-state index contributed by atoms with van der Waals surface area (Å²) >= 11 is 1.59. The Morgan fingerprint density at radius 3 is 2.54 bits per heavy atom. The highest BCUT2D eigenvalue weighted by Crippen LogP contribution is 2.23. The Hall–Kier alpha value is -2.67. The number of carbonyl (C=O) groups excluding carboxylic acids is 1. The first-order valence-corrected chi connectivity index (χ1v) is 9.35. The van der Waals surface area contributed by atoms with Crippen molar-refractivity contribution < 1.29 is 4.79 Å². The van der Waals surface area contributed by atoms with E-state index in [1.54, 1.807) is 54.5 Å². The summed E-state index contributed by atoms with van der Waals surface area (Å²) in [5.74, 6) is -0.181. The molecule has 0 aliphatic rings. The molecule has 0 saturated carbocycles. The second-order valence-corrected chi connectivity index (χ2v) is 7.11. The molecule has 1 atom stereocenters. The monoisotopic (exact) mass is 371 g/mol. The number of para-hydroxylation sites is 1. The fraction of sp³-hybridized carbons (Fsp3) is 0.316. The maximum atomic E-state index is 12.8. The van der Waals surface area contributed by atoms with Gasteiger partial charge in [-0.2, -0.15) is 0 Å². The van der Waals surface area contributed by atoms with Crippen LogP contribution in [0.2, 0.25) is 0 Å². The number of likely N-dealkylation sites (N-methyl/N-ethyl adjacent to an activating group) is 1. The largest absolute Gasteiger partial charge is 0.337 e. The zero-order valence-corrected chi connectivity index (χ0v) is 15.8. The number of rotatable bonds is 5. The van der Waals surface area contributed by atoms with Crippen molar-refractivity contribution in [3.05, 3.63) is 67.5 Å². The maximum absolute atomic E-state index is 12.8. The van der Waals surface area contributed by atoms with Crippen molar-refractivity contribution in [1.82, 2.24) is 14.0 Å². The summed E-state index contributed by atoms with van der Waals surface area (Å²) < 4.78 is 2.55. The van der Waals surface area contributed by atoms with Crippen LogP contribution in [0, 0.1) is 0 Å². The molecule has 0 radical (unpaired) electrons. The van der Waals surface area contributed by atoms with Gasteiger partial charge in [-0.1, -0.05) is 18.2 Å². The standard InChI is InChI=1S/C19H21N3O3S/c1-4-21-18(24)14-8-5-6-9-15(14)22(19(21)25)12-17(23)20(3)13(2)16-10-7-11-26-16/h5-11,13H,4,12H2,1-3H3. The summed E-state index contributed by atoms with van der Waals surface area (Å²) in [5.41, 5.74) is -0.295. The molecule has 0 aliphatic carbocycles. The lowest BCUT2D eigenvalue weighted by Crippen LogP contribution is -2.42. The molecule has 0 fully saturated rings. The summed E-state index contributed by atoms with van der Waals surface area (Å²) in [6.45, 7) is 3.86. The summed E-state index contributed by atoms with van der Waals surface area (Å²) in [7, 11) is 1.73. The van der Waals surface area contributed by atoms with Crippen molar-refractivity contribution in [3.63, 3.8) is 0 Å². The molecule has 2 heterocycles. The van der Waals surface area contributed by atoms with E-state index < -0.39 is 5.69 Å². The van der Waals surface area contributed by atoms with Gasteiger partial charge in [0.25, 0.3) is 5.56 Å². The molecule has 7 heteroatoms. The molecule has 26 heavy (non-hydrogen) atoms. The lowest BCUT2D eigenvalue weighted by Gasteiger charge is -2.25. The minimum atomic E-state index is -0.457. The Balaban J connectivity index is 2.02. The van der Waals surface area contributed by atoms with Crippen molar-refractivity contribution >= 4 is 28.1 Å². The molecule has 1 aromatic carbocycles. The Kier molecular flexibility index (Phi) is 5.08. The van der Waals surface area contributed by atoms with Crippen LogP contribution in [0.5, 0.6) is 0 Å². The summed E-state index contributed by atoms with van der Waals surface area (Å²) in [6, 6.07) is 10.8. The molecule has 6 nitrogen and oxygen atoms in total. The van der Waals surface area contributed by atoms with Crippen molar-refractivity contribution in [2.45, 2.75) is 33.0 Å². The summed E-state index contributed by atoms with van der Waals surface area (Å²) in [6.07, 6.45) is 0. The number of hydrogen-bond acceptors (Lipinski definition) is 4. The average Bonchev–Trinajstić information content (AvgIpc) is 3.19. The van der Waals surface area contributed by atoms with Crippen molar-refractivity contribution in [3.8, 4) is 0 Å². The van der Waals surface area contributed by atoms with E-state index in [0.29, 0.717) is 10.9 Å². The van der Waals surface area contributed by atoms with E-state index in [2.05, 4.69) is 0 Å². The van der Waals surface area contributed by atoms with Gasteiger partial charge in [0.2, 0.25) is 5.91 Å². The van der Waals surface area contributed by atoms with Crippen molar-refractivity contribution in [1.29, 1.82) is 0 Å². The van der Waals surface area contributed by atoms with Gasteiger partial charge in [-0.05, 0) is 37.4 Å². The van der Waals surface area contributed by atoms with Gasteiger partial charge in [0.05, 0.1) is 16.9 Å². The summed E-state index contributed by atoms with van der Waals surface area (Å²) in [5, 5.41) is 2.41. The van der Waals surface area contributed by atoms with Gasteiger partial charge in [0.1, 0.15) is 6.54 Å². The fourth-order valence-corrected chi connectivity index (χ4v) is 3.81. The highest BCUT2D eigenvalue weighted by molar-refractivity contribution is 7.10. The first-order valence-electron chi connectivity index (χ1n) is 8.47. The van der Waals surface area contributed by atoms with E-state index in [-0.39, 0.29) is 30.6 Å². The first kappa shape index (κ1) is 18.1. The molecule has 136 valence electrons. The van der Waals surface area contributed by atoms with Gasteiger partial charge in [-0.15, -0.1) is 11.3 Å². The van der Waals surface area contributed by atoms with Crippen LogP contribution >= 0.6 is 11.3 Å². The third-order valence-corrected chi connectivity index (χ3v) is 5.71. The van der Waals surface area contributed by atoms with E-state index in [1.165, 1.54) is 4.57 Å². The highest BCUT2D eigenvalue weighted by Gasteiger charge is 2.21. The highest BCUT2D eigenvalue weighted by atomic mass is 32.1. The van der Waals surface area contributed by atoms with E-state index >= 15 is 0 Å². The Morgan fingerprint density at radius 2 is 1.88 bits per heavy atom. The lowest BCUT2D eigenvalue weighted by atomic mass is 10.2. The molecule has 0 bridgehead atoms. The van der Waals surface area contributed by atoms with Crippen molar-refractivity contribution in [2.75, 3.05) is 7.05 Å². The van der Waals surface area contributed by atoms with Gasteiger partial charge in [-0.3, -0.25) is 18.7 Å². The quantitative estimate of drug-likeness (QED) is 0.692. The minimum absolute atomic E-state index is 0.0819. The van der Waals surface area contributed by atoms with Crippen LogP contribution in [0.15, 0.2) is 51.4 Å². The van der Waals surface area contributed by atoms with Gasteiger partial charge in [0.15, 0.2) is 0 Å². The van der Waals surface area contributed by atoms with Gasteiger partial charge < -0.3 is 4.90 Å². The number of amides is 1. The van der Waals surface area contributed by atoms with Crippen LogP contribution < -0.4 is 11.2 Å². The molecule has 3 rings (SSSR count).